The Morgan fingerprint density at radius 1 is 1.29 bits per heavy atom. The van der Waals surface area contributed by atoms with Crippen LogP contribution in [0, 0.1) is 0 Å². The first kappa shape index (κ1) is 16.7. The Labute approximate surface area is 143 Å². The lowest BCUT2D eigenvalue weighted by molar-refractivity contribution is -0.120. The molecule has 1 aliphatic rings. The van der Waals surface area contributed by atoms with Crippen molar-refractivity contribution in [1.29, 1.82) is 0 Å². The van der Waals surface area contributed by atoms with Gasteiger partial charge in [-0.2, -0.15) is 5.10 Å². The summed E-state index contributed by atoms with van der Waals surface area (Å²) < 4.78 is 1.85. The van der Waals surface area contributed by atoms with Gasteiger partial charge in [-0.25, -0.2) is 0 Å². The summed E-state index contributed by atoms with van der Waals surface area (Å²) in [4.78, 5) is 12.1. The maximum absolute atomic E-state index is 12.1. The number of amides is 1. The number of benzene rings is 1. The number of aryl methyl sites for hydroxylation is 2. The molecule has 0 spiro atoms. The van der Waals surface area contributed by atoms with Crippen molar-refractivity contribution >= 4 is 5.91 Å². The van der Waals surface area contributed by atoms with E-state index in [-0.39, 0.29) is 11.9 Å². The van der Waals surface area contributed by atoms with Crippen LogP contribution in [0.4, 0.5) is 0 Å². The zero-order chi connectivity index (χ0) is 16.8. The minimum absolute atomic E-state index is 0.0284. The number of carbonyl (C=O) groups excluding carboxylic acids is 1. The van der Waals surface area contributed by atoms with Gasteiger partial charge in [0.05, 0.1) is 19.1 Å². The monoisotopic (exact) mass is 326 g/mol. The van der Waals surface area contributed by atoms with E-state index in [9.17, 15) is 4.79 Å². The molecule has 0 saturated heterocycles. The average molecular weight is 326 g/mol. The highest BCUT2D eigenvalue weighted by Crippen LogP contribution is 2.24. The van der Waals surface area contributed by atoms with E-state index in [0.29, 0.717) is 6.54 Å². The molecule has 2 N–H and O–H groups in total. The average Bonchev–Trinajstić information content (AvgIpc) is 3.11. The molecule has 128 valence electrons. The highest BCUT2D eigenvalue weighted by molar-refractivity contribution is 5.78. The van der Waals surface area contributed by atoms with Crippen LogP contribution in [0.25, 0.3) is 0 Å². The largest absolute Gasteiger partial charge is 0.348 e. The summed E-state index contributed by atoms with van der Waals surface area (Å²) in [5.41, 5.74) is 4.13. The van der Waals surface area contributed by atoms with Crippen molar-refractivity contribution in [2.45, 2.75) is 45.2 Å². The molecule has 1 aliphatic carbocycles. The van der Waals surface area contributed by atoms with Gasteiger partial charge in [-0.15, -0.1) is 0 Å². The molecule has 0 unspecified atom stereocenters. The third kappa shape index (κ3) is 4.45. The van der Waals surface area contributed by atoms with Crippen LogP contribution in [0.2, 0.25) is 0 Å². The second-order valence-corrected chi connectivity index (χ2v) is 6.47. The van der Waals surface area contributed by atoms with Crippen LogP contribution in [-0.4, -0.2) is 28.8 Å². The van der Waals surface area contributed by atoms with Gasteiger partial charge < -0.3 is 10.6 Å². The Kier molecular flexibility index (Phi) is 5.64. The molecule has 5 heteroatoms. The molecule has 1 amide bonds. The number of nitrogens with one attached hydrogen (secondary N) is 2. The fourth-order valence-corrected chi connectivity index (χ4v) is 3.23. The van der Waals surface area contributed by atoms with Crippen LogP contribution in [0.15, 0.2) is 36.7 Å². The van der Waals surface area contributed by atoms with E-state index in [1.807, 2.05) is 23.9 Å². The molecular formula is C19H26N4O. The molecule has 2 aromatic rings. The lowest BCUT2D eigenvalue weighted by Gasteiger charge is -2.20. The molecule has 5 nitrogen and oxygen atoms in total. The van der Waals surface area contributed by atoms with E-state index in [2.05, 4.69) is 33.9 Å². The fourth-order valence-electron chi connectivity index (χ4n) is 3.23. The van der Waals surface area contributed by atoms with E-state index in [1.54, 1.807) is 6.20 Å². The minimum Gasteiger partial charge on any atom is -0.348 e. The highest BCUT2D eigenvalue weighted by Gasteiger charge is 2.13. The lowest BCUT2D eigenvalue weighted by Crippen LogP contribution is -2.36. The number of rotatable bonds is 7. The van der Waals surface area contributed by atoms with Gasteiger partial charge in [0.25, 0.3) is 0 Å². The van der Waals surface area contributed by atoms with Crippen molar-refractivity contribution in [3.05, 3.63) is 53.3 Å². The molecule has 24 heavy (non-hydrogen) atoms. The SMILES string of the molecule is C[C@H](NC(=O)CNCCn1cccn1)c1ccc2c(c1)CCCC2. The maximum atomic E-state index is 12.1. The third-order valence-electron chi connectivity index (χ3n) is 4.61. The van der Waals surface area contributed by atoms with Gasteiger partial charge in [0.1, 0.15) is 0 Å². The van der Waals surface area contributed by atoms with Crippen LogP contribution in [-0.2, 0) is 24.2 Å². The van der Waals surface area contributed by atoms with Crippen LogP contribution < -0.4 is 10.6 Å². The van der Waals surface area contributed by atoms with Gasteiger partial charge in [-0.3, -0.25) is 9.48 Å². The first-order valence-corrected chi connectivity index (χ1v) is 8.81. The van der Waals surface area contributed by atoms with Crippen molar-refractivity contribution < 1.29 is 4.79 Å². The molecule has 0 bridgehead atoms. The molecule has 0 radical (unpaired) electrons. The summed E-state index contributed by atoms with van der Waals surface area (Å²) in [7, 11) is 0. The van der Waals surface area contributed by atoms with Gasteiger partial charge in [0.15, 0.2) is 0 Å². The highest BCUT2D eigenvalue weighted by atomic mass is 16.1. The molecule has 3 rings (SSSR count). The van der Waals surface area contributed by atoms with Gasteiger partial charge in [0, 0.05) is 18.9 Å². The quantitative estimate of drug-likeness (QED) is 0.767. The number of aromatic nitrogens is 2. The smallest absolute Gasteiger partial charge is 0.234 e. The minimum atomic E-state index is 0.0284. The van der Waals surface area contributed by atoms with Crippen molar-refractivity contribution in [3.8, 4) is 0 Å². The zero-order valence-electron chi connectivity index (χ0n) is 14.3. The van der Waals surface area contributed by atoms with Crippen molar-refractivity contribution in [2.75, 3.05) is 13.1 Å². The van der Waals surface area contributed by atoms with Gasteiger partial charge >= 0.3 is 0 Å². The Morgan fingerprint density at radius 3 is 2.92 bits per heavy atom. The summed E-state index contributed by atoms with van der Waals surface area (Å²) >= 11 is 0. The van der Waals surface area contributed by atoms with Crippen molar-refractivity contribution in [3.63, 3.8) is 0 Å². The van der Waals surface area contributed by atoms with Gasteiger partial charge in [-0.1, -0.05) is 18.2 Å². The Hall–Kier alpha value is -2.14. The molecule has 0 saturated carbocycles. The molecule has 0 aliphatic heterocycles. The topological polar surface area (TPSA) is 59.0 Å². The predicted molar refractivity (Wildman–Crippen MR) is 94.7 cm³/mol. The summed E-state index contributed by atoms with van der Waals surface area (Å²) in [5, 5.41) is 10.4. The summed E-state index contributed by atoms with van der Waals surface area (Å²) in [6.45, 7) is 3.87. The maximum Gasteiger partial charge on any atom is 0.234 e. The standard InChI is InChI=1S/C19H26N4O/c1-15(17-8-7-16-5-2-3-6-18(16)13-17)22-19(24)14-20-10-12-23-11-4-9-21-23/h4,7-9,11,13,15,20H,2-3,5-6,10,12,14H2,1H3,(H,22,24)/t15-/m0/s1. The number of hydrogen-bond acceptors (Lipinski definition) is 3. The molecule has 1 aromatic heterocycles. The first-order chi connectivity index (χ1) is 11.7. The first-order valence-electron chi connectivity index (χ1n) is 8.81. The van der Waals surface area contributed by atoms with E-state index < -0.39 is 0 Å². The second kappa shape index (κ2) is 8.11. The van der Waals surface area contributed by atoms with Crippen LogP contribution in [0.3, 0.4) is 0 Å². The predicted octanol–water partition coefficient (Wildman–Crippen LogP) is 2.23. The Balaban J connectivity index is 1.43. The molecule has 1 heterocycles. The van der Waals surface area contributed by atoms with Gasteiger partial charge in [0.2, 0.25) is 5.91 Å². The normalized spacial score (nSPS) is 14.9. The van der Waals surface area contributed by atoms with E-state index in [4.69, 9.17) is 0 Å². The zero-order valence-corrected chi connectivity index (χ0v) is 14.3. The van der Waals surface area contributed by atoms with Crippen LogP contribution >= 0.6 is 0 Å². The molecule has 0 fully saturated rings. The van der Waals surface area contributed by atoms with Crippen LogP contribution in [0.5, 0.6) is 0 Å². The lowest BCUT2D eigenvalue weighted by atomic mass is 9.89. The number of carbonyl (C=O) groups is 1. The van der Waals surface area contributed by atoms with Crippen molar-refractivity contribution in [2.24, 2.45) is 0 Å². The Morgan fingerprint density at radius 2 is 2.12 bits per heavy atom. The number of nitrogens with zero attached hydrogens (tertiary/aromatic N) is 2. The van der Waals surface area contributed by atoms with Crippen molar-refractivity contribution in [1.82, 2.24) is 20.4 Å². The number of fused-ring (bicyclic) bond motifs is 1. The number of hydrogen-bond donors (Lipinski definition) is 2. The van der Waals surface area contributed by atoms with E-state index >= 15 is 0 Å². The van der Waals surface area contributed by atoms with Crippen LogP contribution in [0.1, 0.15) is 42.5 Å². The second-order valence-electron chi connectivity index (χ2n) is 6.47. The third-order valence-corrected chi connectivity index (χ3v) is 4.61. The molecular weight excluding hydrogens is 300 g/mol. The summed E-state index contributed by atoms with van der Waals surface area (Å²) in [5.74, 6) is 0.0284. The Bertz CT molecular complexity index is 666. The van der Waals surface area contributed by atoms with E-state index in [0.717, 1.165) is 13.1 Å². The van der Waals surface area contributed by atoms with Gasteiger partial charge in [-0.05, 0) is 55.4 Å². The molecule has 1 atom stereocenters. The molecule has 1 aromatic carbocycles. The fraction of sp³-hybridized carbons (Fsp3) is 0.474. The summed E-state index contributed by atoms with van der Waals surface area (Å²) in [6, 6.07) is 8.59. The summed E-state index contributed by atoms with van der Waals surface area (Å²) in [6.07, 6.45) is 8.60. The van der Waals surface area contributed by atoms with E-state index in [1.165, 1.54) is 42.4 Å².